The van der Waals surface area contributed by atoms with Gasteiger partial charge in [-0.05, 0) is 41.8 Å². The average Bonchev–Trinajstić information content (AvgIpc) is 2.44. The number of hydrogen-bond acceptors (Lipinski definition) is 2. The maximum atomic E-state index is 13.2. The topological polar surface area (TPSA) is 35.2 Å². The number of benzene rings is 2. The van der Waals surface area contributed by atoms with Crippen molar-refractivity contribution in [3.63, 3.8) is 0 Å². The summed E-state index contributed by atoms with van der Waals surface area (Å²) in [6.07, 6.45) is 0.959. The molecule has 2 nitrogen and oxygen atoms in total. The molecular weight excluding hydrogens is 241 g/mol. The molecular formula is C16H18FNO. The number of rotatable bonds is 5. The van der Waals surface area contributed by atoms with Crippen LogP contribution in [0, 0.1) is 5.82 Å². The van der Waals surface area contributed by atoms with Gasteiger partial charge in [0.1, 0.15) is 11.6 Å². The lowest BCUT2D eigenvalue weighted by atomic mass is 9.99. The quantitative estimate of drug-likeness (QED) is 0.889. The third kappa shape index (κ3) is 3.55. The molecule has 2 rings (SSSR count). The fraction of sp³-hybridized carbons (Fsp3) is 0.250. The van der Waals surface area contributed by atoms with E-state index in [2.05, 4.69) is 6.92 Å². The SMILES string of the molecule is CCCOc1cccc(C(N)c2cccc(F)c2)c1. The highest BCUT2D eigenvalue weighted by molar-refractivity contribution is 5.36. The Bertz CT molecular complexity index is 542. The highest BCUT2D eigenvalue weighted by Crippen LogP contribution is 2.23. The van der Waals surface area contributed by atoms with Gasteiger partial charge in [0.05, 0.1) is 12.6 Å². The van der Waals surface area contributed by atoms with Crippen LogP contribution in [0.2, 0.25) is 0 Å². The van der Waals surface area contributed by atoms with E-state index in [9.17, 15) is 4.39 Å². The maximum Gasteiger partial charge on any atom is 0.123 e. The third-order valence-electron chi connectivity index (χ3n) is 2.90. The van der Waals surface area contributed by atoms with Gasteiger partial charge in [0, 0.05) is 0 Å². The molecule has 2 N–H and O–H groups in total. The molecule has 2 aromatic rings. The number of halogens is 1. The Morgan fingerprint density at radius 3 is 2.47 bits per heavy atom. The van der Waals surface area contributed by atoms with E-state index in [4.69, 9.17) is 10.5 Å². The molecule has 0 aliphatic heterocycles. The van der Waals surface area contributed by atoms with Gasteiger partial charge in [0.25, 0.3) is 0 Å². The molecule has 0 saturated heterocycles. The first-order chi connectivity index (χ1) is 9.20. The highest BCUT2D eigenvalue weighted by atomic mass is 19.1. The molecule has 0 aliphatic carbocycles. The lowest BCUT2D eigenvalue weighted by Gasteiger charge is -2.14. The van der Waals surface area contributed by atoms with E-state index in [1.165, 1.54) is 12.1 Å². The normalized spacial score (nSPS) is 12.2. The van der Waals surface area contributed by atoms with Crippen LogP contribution in [0.4, 0.5) is 4.39 Å². The van der Waals surface area contributed by atoms with E-state index >= 15 is 0 Å². The second-order valence-electron chi connectivity index (χ2n) is 4.45. The highest BCUT2D eigenvalue weighted by Gasteiger charge is 2.10. The van der Waals surface area contributed by atoms with Crippen molar-refractivity contribution < 1.29 is 9.13 Å². The van der Waals surface area contributed by atoms with Crippen molar-refractivity contribution in [2.45, 2.75) is 19.4 Å². The van der Waals surface area contributed by atoms with Crippen molar-refractivity contribution in [2.24, 2.45) is 5.73 Å². The monoisotopic (exact) mass is 259 g/mol. The summed E-state index contributed by atoms with van der Waals surface area (Å²) in [5.41, 5.74) is 7.83. The van der Waals surface area contributed by atoms with Gasteiger partial charge >= 0.3 is 0 Å². The van der Waals surface area contributed by atoms with Crippen LogP contribution < -0.4 is 10.5 Å². The van der Waals surface area contributed by atoms with Crippen LogP contribution in [-0.2, 0) is 0 Å². The molecule has 0 spiro atoms. The smallest absolute Gasteiger partial charge is 0.123 e. The Morgan fingerprint density at radius 1 is 1.11 bits per heavy atom. The molecule has 0 amide bonds. The van der Waals surface area contributed by atoms with Gasteiger partial charge < -0.3 is 10.5 Å². The molecule has 2 aromatic carbocycles. The molecule has 19 heavy (non-hydrogen) atoms. The largest absolute Gasteiger partial charge is 0.494 e. The fourth-order valence-electron chi connectivity index (χ4n) is 1.91. The summed E-state index contributed by atoms with van der Waals surface area (Å²) in [4.78, 5) is 0. The van der Waals surface area contributed by atoms with Gasteiger partial charge in [-0.25, -0.2) is 4.39 Å². The van der Waals surface area contributed by atoms with E-state index in [0.29, 0.717) is 6.61 Å². The van der Waals surface area contributed by atoms with Crippen LogP contribution in [-0.4, -0.2) is 6.61 Å². The van der Waals surface area contributed by atoms with Crippen LogP contribution in [0.1, 0.15) is 30.5 Å². The molecule has 1 atom stereocenters. The molecule has 0 aliphatic rings. The minimum absolute atomic E-state index is 0.272. The number of hydrogen-bond donors (Lipinski definition) is 1. The standard InChI is InChI=1S/C16H18FNO/c1-2-9-19-15-8-4-6-13(11-15)16(18)12-5-3-7-14(17)10-12/h3-8,10-11,16H,2,9,18H2,1H3. The van der Waals surface area contributed by atoms with Crippen LogP contribution in [0.5, 0.6) is 5.75 Å². The Hall–Kier alpha value is -1.87. The van der Waals surface area contributed by atoms with Crippen LogP contribution in [0.3, 0.4) is 0 Å². The molecule has 0 bridgehead atoms. The molecule has 0 heterocycles. The van der Waals surface area contributed by atoms with Gasteiger partial charge in [-0.1, -0.05) is 31.2 Å². The van der Waals surface area contributed by atoms with Gasteiger partial charge in [-0.3, -0.25) is 0 Å². The van der Waals surface area contributed by atoms with E-state index < -0.39 is 0 Å². The van der Waals surface area contributed by atoms with E-state index in [1.54, 1.807) is 6.07 Å². The molecule has 0 fully saturated rings. The first-order valence-electron chi connectivity index (χ1n) is 6.44. The Morgan fingerprint density at radius 2 is 1.79 bits per heavy atom. The summed E-state index contributed by atoms with van der Waals surface area (Å²) in [7, 11) is 0. The molecule has 0 radical (unpaired) electrons. The first kappa shape index (κ1) is 13.6. The van der Waals surface area contributed by atoms with Gasteiger partial charge in [0.2, 0.25) is 0 Å². The summed E-state index contributed by atoms with van der Waals surface area (Å²) >= 11 is 0. The van der Waals surface area contributed by atoms with Crippen LogP contribution in [0.25, 0.3) is 0 Å². The minimum Gasteiger partial charge on any atom is -0.494 e. The van der Waals surface area contributed by atoms with Gasteiger partial charge in [-0.15, -0.1) is 0 Å². The number of ether oxygens (including phenoxy) is 1. The fourth-order valence-corrected chi connectivity index (χ4v) is 1.91. The second-order valence-corrected chi connectivity index (χ2v) is 4.45. The zero-order chi connectivity index (χ0) is 13.7. The Labute approximate surface area is 113 Å². The van der Waals surface area contributed by atoms with Crippen molar-refractivity contribution in [3.8, 4) is 5.75 Å². The zero-order valence-corrected chi connectivity index (χ0v) is 11.0. The Kier molecular flexibility index (Phi) is 4.53. The van der Waals surface area contributed by atoms with E-state index in [-0.39, 0.29) is 11.9 Å². The van der Waals surface area contributed by atoms with Crippen molar-refractivity contribution in [2.75, 3.05) is 6.61 Å². The maximum absolute atomic E-state index is 13.2. The minimum atomic E-state index is -0.346. The predicted octanol–water partition coefficient (Wildman–Crippen LogP) is 3.66. The summed E-state index contributed by atoms with van der Waals surface area (Å²) < 4.78 is 18.8. The number of nitrogens with two attached hydrogens (primary N) is 1. The van der Waals surface area contributed by atoms with Gasteiger partial charge in [0.15, 0.2) is 0 Å². The predicted molar refractivity (Wildman–Crippen MR) is 74.7 cm³/mol. The average molecular weight is 259 g/mol. The Balaban J connectivity index is 2.21. The summed E-state index contributed by atoms with van der Waals surface area (Å²) in [5, 5.41) is 0. The molecule has 1 unspecified atom stereocenters. The molecule has 0 aromatic heterocycles. The van der Waals surface area contributed by atoms with Crippen molar-refractivity contribution in [1.29, 1.82) is 0 Å². The van der Waals surface area contributed by atoms with E-state index in [0.717, 1.165) is 23.3 Å². The van der Waals surface area contributed by atoms with Crippen LogP contribution in [0.15, 0.2) is 48.5 Å². The van der Waals surface area contributed by atoms with E-state index in [1.807, 2.05) is 30.3 Å². The molecule has 0 saturated carbocycles. The van der Waals surface area contributed by atoms with Crippen molar-refractivity contribution in [1.82, 2.24) is 0 Å². The van der Waals surface area contributed by atoms with Crippen molar-refractivity contribution in [3.05, 3.63) is 65.5 Å². The summed E-state index contributed by atoms with van der Waals surface area (Å²) in [6, 6.07) is 13.7. The summed E-state index contributed by atoms with van der Waals surface area (Å²) in [5.74, 6) is 0.526. The first-order valence-corrected chi connectivity index (χ1v) is 6.44. The van der Waals surface area contributed by atoms with Gasteiger partial charge in [-0.2, -0.15) is 0 Å². The zero-order valence-electron chi connectivity index (χ0n) is 11.0. The van der Waals surface area contributed by atoms with Crippen LogP contribution >= 0.6 is 0 Å². The third-order valence-corrected chi connectivity index (χ3v) is 2.90. The molecule has 100 valence electrons. The lowest BCUT2D eigenvalue weighted by Crippen LogP contribution is -2.12. The second kappa shape index (κ2) is 6.34. The van der Waals surface area contributed by atoms with Crippen molar-refractivity contribution >= 4 is 0 Å². The molecule has 3 heteroatoms. The summed E-state index contributed by atoms with van der Waals surface area (Å²) in [6.45, 7) is 2.74. The lowest BCUT2D eigenvalue weighted by molar-refractivity contribution is 0.317.